The van der Waals surface area contributed by atoms with Gasteiger partial charge in [0.2, 0.25) is 5.92 Å². The van der Waals surface area contributed by atoms with E-state index < -0.39 is 5.92 Å². The lowest BCUT2D eigenvalue weighted by Gasteiger charge is -2.37. The van der Waals surface area contributed by atoms with Crippen molar-refractivity contribution in [2.24, 2.45) is 11.8 Å². The molecule has 3 atom stereocenters. The monoisotopic (exact) mass is 261 g/mol. The Morgan fingerprint density at radius 1 is 1.33 bits per heavy atom. The van der Waals surface area contributed by atoms with Gasteiger partial charge in [-0.25, -0.2) is 8.78 Å². The maximum atomic E-state index is 13.6. The first-order chi connectivity index (χ1) is 8.62. The van der Waals surface area contributed by atoms with Crippen LogP contribution in [0.4, 0.5) is 8.78 Å². The molecule has 1 N–H and O–H groups in total. The normalized spacial score (nSPS) is 33.5. The standard InChI is InChI=1S/C14H25F2NO/c1-2-7-17-13(12-5-8-18-10-12)11-4-3-6-14(15,16)9-11/h11-13,17H,2-10H2,1H3. The van der Waals surface area contributed by atoms with Crippen molar-refractivity contribution < 1.29 is 13.5 Å². The molecular formula is C14H25F2NO. The second-order valence-electron chi connectivity index (χ2n) is 5.82. The van der Waals surface area contributed by atoms with E-state index in [1.165, 1.54) is 0 Å². The summed E-state index contributed by atoms with van der Waals surface area (Å²) < 4.78 is 32.6. The van der Waals surface area contributed by atoms with Gasteiger partial charge in [0.1, 0.15) is 0 Å². The fourth-order valence-electron chi connectivity index (χ4n) is 3.38. The minimum atomic E-state index is -2.45. The smallest absolute Gasteiger partial charge is 0.248 e. The minimum Gasteiger partial charge on any atom is -0.381 e. The zero-order chi connectivity index (χ0) is 13.0. The van der Waals surface area contributed by atoms with Crippen molar-refractivity contribution in [3.8, 4) is 0 Å². The predicted molar refractivity (Wildman–Crippen MR) is 67.9 cm³/mol. The lowest BCUT2D eigenvalue weighted by atomic mass is 9.77. The van der Waals surface area contributed by atoms with E-state index >= 15 is 0 Å². The number of hydrogen-bond acceptors (Lipinski definition) is 2. The largest absolute Gasteiger partial charge is 0.381 e. The van der Waals surface area contributed by atoms with Crippen LogP contribution in [0.25, 0.3) is 0 Å². The SMILES string of the molecule is CCCNC(C1CCOC1)C1CCCC(F)(F)C1. The molecule has 0 spiro atoms. The summed E-state index contributed by atoms with van der Waals surface area (Å²) in [7, 11) is 0. The second kappa shape index (κ2) is 6.29. The molecule has 0 amide bonds. The molecule has 2 fully saturated rings. The first-order valence-electron chi connectivity index (χ1n) is 7.31. The topological polar surface area (TPSA) is 21.3 Å². The molecule has 4 heteroatoms. The Labute approximate surface area is 108 Å². The zero-order valence-corrected chi connectivity index (χ0v) is 11.3. The highest BCUT2D eigenvalue weighted by Gasteiger charge is 2.41. The lowest BCUT2D eigenvalue weighted by Crippen LogP contribution is -2.46. The quantitative estimate of drug-likeness (QED) is 0.820. The summed E-state index contributed by atoms with van der Waals surface area (Å²) in [6.45, 7) is 4.56. The first-order valence-corrected chi connectivity index (χ1v) is 7.31. The van der Waals surface area contributed by atoms with Gasteiger partial charge in [0.05, 0.1) is 6.61 Å². The van der Waals surface area contributed by atoms with Crippen LogP contribution in [0.1, 0.15) is 45.4 Å². The van der Waals surface area contributed by atoms with Crippen molar-refractivity contribution in [2.75, 3.05) is 19.8 Å². The minimum absolute atomic E-state index is 0.0604. The van der Waals surface area contributed by atoms with Crippen LogP contribution in [0.5, 0.6) is 0 Å². The molecule has 3 unspecified atom stereocenters. The van der Waals surface area contributed by atoms with Crippen LogP contribution >= 0.6 is 0 Å². The average Bonchev–Trinajstić information content (AvgIpc) is 2.82. The van der Waals surface area contributed by atoms with Gasteiger partial charge in [-0.05, 0) is 38.1 Å². The van der Waals surface area contributed by atoms with Gasteiger partial charge in [-0.2, -0.15) is 0 Å². The second-order valence-corrected chi connectivity index (χ2v) is 5.82. The van der Waals surface area contributed by atoms with Crippen LogP contribution in [0.3, 0.4) is 0 Å². The molecule has 0 bridgehead atoms. The Morgan fingerprint density at radius 2 is 2.17 bits per heavy atom. The van der Waals surface area contributed by atoms with Crippen LogP contribution in [-0.2, 0) is 4.74 Å². The van der Waals surface area contributed by atoms with Crippen molar-refractivity contribution in [1.29, 1.82) is 0 Å². The summed E-state index contributed by atoms with van der Waals surface area (Å²) in [6.07, 6.45) is 3.80. The van der Waals surface area contributed by atoms with E-state index in [9.17, 15) is 8.78 Å². The molecule has 2 aliphatic rings. The van der Waals surface area contributed by atoms with Crippen LogP contribution in [0, 0.1) is 11.8 Å². The fraction of sp³-hybridized carbons (Fsp3) is 1.00. The van der Waals surface area contributed by atoms with Gasteiger partial charge in [0, 0.05) is 31.4 Å². The van der Waals surface area contributed by atoms with Crippen LogP contribution in [0.2, 0.25) is 0 Å². The van der Waals surface area contributed by atoms with E-state index in [0.717, 1.165) is 39.0 Å². The van der Waals surface area contributed by atoms with Gasteiger partial charge in [-0.15, -0.1) is 0 Å². The molecule has 2 rings (SSSR count). The Morgan fingerprint density at radius 3 is 2.78 bits per heavy atom. The molecule has 0 radical (unpaired) electrons. The van der Waals surface area contributed by atoms with Crippen molar-refractivity contribution in [2.45, 2.75) is 57.4 Å². The summed E-state index contributed by atoms with van der Waals surface area (Å²) >= 11 is 0. The summed E-state index contributed by atoms with van der Waals surface area (Å²) in [4.78, 5) is 0. The van der Waals surface area contributed by atoms with Crippen molar-refractivity contribution in [1.82, 2.24) is 5.32 Å². The molecule has 0 aromatic rings. The number of hydrogen-bond donors (Lipinski definition) is 1. The van der Waals surface area contributed by atoms with Gasteiger partial charge in [-0.1, -0.05) is 6.92 Å². The third-order valence-corrected chi connectivity index (χ3v) is 4.29. The van der Waals surface area contributed by atoms with E-state index in [1.807, 2.05) is 0 Å². The van der Waals surface area contributed by atoms with Crippen LogP contribution in [0.15, 0.2) is 0 Å². The molecular weight excluding hydrogens is 236 g/mol. The predicted octanol–water partition coefficient (Wildman–Crippen LogP) is 3.22. The number of nitrogens with one attached hydrogen (secondary N) is 1. The average molecular weight is 261 g/mol. The summed E-state index contributed by atoms with van der Waals surface area (Å²) in [5.41, 5.74) is 0. The number of halogens is 2. The van der Waals surface area contributed by atoms with Crippen LogP contribution < -0.4 is 5.32 Å². The highest BCUT2D eigenvalue weighted by molar-refractivity contribution is 4.90. The zero-order valence-electron chi connectivity index (χ0n) is 11.3. The summed E-state index contributed by atoms with van der Waals surface area (Å²) in [5.74, 6) is -1.91. The third kappa shape index (κ3) is 3.64. The molecule has 1 saturated carbocycles. The highest BCUT2D eigenvalue weighted by atomic mass is 19.3. The van der Waals surface area contributed by atoms with Crippen molar-refractivity contribution >= 4 is 0 Å². The molecule has 0 aromatic heterocycles. The number of alkyl halides is 2. The maximum absolute atomic E-state index is 13.6. The molecule has 1 aliphatic carbocycles. The summed E-state index contributed by atoms with van der Waals surface area (Å²) in [6, 6.07) is 0.221. The molecule has 1 heterocycles. The number of ether oxygens (including phenoxy) is 1. The molecule has 1 aliphatic heterocycles. The van der Waals surface area contributed by atoms with E-state index in [0.29, 0.717) is 12.3 Å². The van der Waals surface area contributed by atoms with Crippen molar-refractivity contribution in [3.05, 3.63) is 0 Å². The van der Waals surface area contributed by atoms with E-state index in [-0.39, 0.29) is 24.8 Å². The Kier molecular flexibility index (Phi) is 4.96. The Hall–Kier alpha value is -0.220. The summed E-state index contributed by atoms with van der Waals surface area (Å²) in [5, 5.41) is 3.51. The van der Waals surface area contributed by atoms with Gasteiger partial charge in [0.15, 0.2) is 0 Å². The van der Waals surface area contributed by atoms with Gasteiger partial charge in [-0.3, -0.25) is 0 Å². The Balaban J connectivity index is 1.97. The number of rotatable bonds is 5. The molecule has 106 valence electrons. The van der Waals surface area contributed by atoms with E-state index in [2.05, 4.69) is 12.2 Å². The fourth-order valence-corrected chi connectivity index (χ4v) is 3.38. The Bertz CT molecular complexity index is 254. The van der Waals surface area contributed by atoms with E-state index in [1.54, 1.807) is 0 Å². The van der Waals surface area contributed by atoms with Gasteiger partial charge >= 0.3 is 0 Å². The van der Waals surface area contributed by atoms with Gasteiger partial charge < -0.3 is 10.1 Å². The molecule has 0 aromatic carbocycles. The highest BCUT2D eigenvalue weighted by Crippen LogP contribution is 2.40. The first kappa shape index (κ1) is 14.2. The van der Waals surface area contributed by atoms with Crippen molar-refractivity contribution in [3.63, 3.8) is 0 Å². The molecule has 1 saturated heterocycles. The lowest BCUT2D eigenvalue weighted by molar-refractivity contribution is -0.0617. The maximum Gasteiger partial charge on any atom is 0.248 e. The van der Waals surface area contributed by atoms with Crippen LogP contribution in [-0.4, -0.2) is 31.7 Å². The third-order valence-electron chi connectivity index (χ3n) is 4.29. The van der Waals surface area contributed by atoms with Gasteiger partial charge in [0.25, 0.3) is 0 Å². The van der Waals surface area contributed by atoms with E-state index in [4.69, 9.17) is 4.74 Å². The molecule has 2 nitrogen and oxygen atoms in total. The molecule has 18 heavy (non-hydrogen) atoms.